The van der Waals surface area contributed by atoms with Gasteiger partial charge in [0.05, 0.1) is 11.6 Å². The van der Waals surface area contributed by atoms with Gasteiger partial charge in [-0.3, -0.25) is 14.6 Å². The van der Waals surface area contributed by atoms with Crippen LogP contribution in [0.25, 0.3) is 5.76 Å². The fraction of sp³-hybridized carbons (Fsp3) is 0.129. The van der Waals surface area contributed by atoms with Crippen molar-refractivity contribution in [2.45, 2.75) is 26.1 Å². The number of halogens is 1. The molecule has 0 aliphatic carbocycles. The normalized spacial score (nSPS) is 16.6. The predicted molar refractivity (Wildman–Crippen MR) is 140 cm³/mol. The zero-order valence-corrected chi connectivity index (χ0v) is 20.7. The summed E-state index contributed by atoms with van der Waals surface area (Å²) in [6.45, 7) is 2.52. The minimum absolute atomic E-state index is 0.0518. The number of amides is 1. The fourth-order valence-corrected chi connectivity index (χ4v) is 4.55. The van der Waals surface area contributed by atoms with Crippen LogP contribution in [0.2, 0.25) is 0 Å². The molecule has 3 aromatic carbocycles. The quantitative estimate of drug-likeness (QED) is 0.196. The lowest BCUT2D eigenvalue weighted by atomic mass is 9.95. The van der Waals surface area contributed by atoms with E-state index in [0.717, 1.165) is 16.7 Å². The van der Waals surface area contributed by atoms with Crippen molar-refractivity contribution in [1.29, 1.82) is 0 Å². The first-order valence-corrected chi connectivity index (χ1v) is 12.1. The van der Waals surface area contributed by atoms with Crippen molar-refractivity contribution in [3.63, 3.8) is 0 Å². The second-order valence-electron chi connectivity index (χ2n) is 9.14. The molecule has 1 aromatic heterocycles. The summed E-state index contributed by atoms with van der Waals surface area (Å²) in [5.74, 6) is -1.70. The highest BCUT2D eigenvalue weighted by atomic mass is 19.1. The topological polar surface area (TPSA) is 79.7 Å². The molecule has 1 amide bonds. The molecule has 1 saturated heterocycles. The lowest BCUT2D eigenvalue weighted by molar-refractivity contribution is -0.140. The number of aryl methyl sites for hydroxylation is 1. The van der Waals surface area contributed by atoms with Crippen LogP contribution in [-0.4, -0.2) is 26.7 Å². The van der Waals surface area contributed by atoms with Crippen molar-refractivity contribution in [3.8, 4) is 5.75 Å². The summed E-state index contributed by atoms with van der Waals surface area (Å²) >= 11 is 0. The highest BCUT2D eigenvalue weighted by Crippen LogP contribution is 2.40. The smallest absolute Gasteiger partial charge is 0.295 e. The van der Waals surface area contributed by atoms with Crippen molar-refractivity contribution in [2.75, 3.05) is 0 Å². The second-order valence-corrected chi connectivity index (χ2v) is 9.14. The van der Waals surface area contributed by atoms with Crippen molar-refractivity contribution < 1.29 is 23.8 Å². The van der Waals surface area contributed by atoms with Crippen LogP contribution in [0.15, 0.2) is 103 Å². The zero-order chi connectivity index (χ0) is 26.6. The summed E-state index contributed by atoms with van der Waals surface area (Å²) in [5, 5.41) is 11.3. The molecule has 7 heteroatoms. The molecular weight excluding hydrogens is 483 g/mol. The number of ether oxygens (including phenoxy) is 1. The number of likely N-dealkylation sites (tertiary alicyclic amines) is 1. The molecular formula is C31H25FN2O4. The molecule has 1 aliphatic rings. The summed E-state index contributed by atoms with van der Waals surface area (Å²) in [6, 6.07) is 22.8. The third-order valence-electron chi connectivity index (χ3n) is 6.44. The Morgan fingerprint density at radius 2 is 1.66 bits per heavy atom. The third-order valence-corrected chi connectivity index (χ3v) is 6.44. The van der Waals surface area contributed by atoms with E-state index in [1.807, 2.05) is 31.2 Å². The first-order chi connectivity index (χ1) is 18.4. The number of pyridine rings is 1. The van der Waals surface area contributed by atoms with Crippen molar-refractivity contribution in [1.82, 2.24) is 9.88 Å². The number of hydrogen-bond donors (Lipinski definition) is 1. The minimum atomic E-state index is -0.888. The first kappa shape index (κ1) is 24.9. The number of nitrogens with zero attached hydrogens (tertiary/aromatic N) is 2. The highest BCUT2D eigenvalue weighted by molar-refractivity contribution is 6.46. The van der Waals surface area contributed by atoms with Gasteiger partial charge >= 0.3 is 0 Å². The van der Waals surface area contributed by atoms with Gasteiger partial charge in [-0.2, -0.15) is 0 Å². The Balaban J connectivity index is 1.47. The summed E-state index contributed by atoms with van der Waals surface area (Å²) in [6.07, 6.45) is 3.20. The number of carbonyl (C=O) groups is 2. The number of hydrogen-bond acceptors (Lipinski definition) is 5. The van der Waals surface area contributed by atoms with Crippen LogP contribution in [0.4, 0.5) is 4.39 Å². The van der Waals surface area contributed by atoms with Crippen LogP contribution < -0.4 is 4.74 Å². The van der Waals surface area contributed by atoms with Gasteiger partial charge in [-0.25, -0.2) is 4.39 Å². The number of aliphatic hydroxyl groups is 1. The zero-order valence-electron chi connectivity index (χ0n) is 20.7. The van der Waals surface area contributed by atoms with Gasteiger partial charge in [0.1, 0.15) is 23.9 Å². The molecule has 0 radical (unpaired) electrons. The van der Waals surface area contributed by atoms with Crippen molar-refractivity contribution in [3.05, 3.63) is 137 Å². The molecule has 4 aromatic rings. The van der Waals surface area contributed by atoms with E-state index in [9.17, 15) is 19.1 Å². The van der Waals surface area contributed by atoms with E-state index in [2.05, 4.69) is 4.98 Å². The maximum Gasteiger partial charge on any atom is 0.295 e. The first-order valence-electron chi connectivity index (χ1n) is 12.1. The number of carbonyl (C=O) groups excluding carboxylic acids is 2. The fourth-order valence-electron chi connectivity index (χ4n) is 4.55. The summed E-state index contributed by atoms with van der Waals surface area (Å²) in [7, 11) is 0. The number of rotatable bonds is 7. The number of ketones is 1. The van der Waals surface area contributed by atoms with Crippen LogP contribution in [0.3, 0.4) is 0 Å². The summed E-state index contributed by atoms with van der Waals surface area (Å²) < 4.78 is 19.6. The molecule has 1 atom stereocenters. The average Bonchev–Trinajstić information content (AvgIpc) is 3.18. The van der Waals surface area contributed by atoms with E-state index in [-0.39, 0.29) is 17.9 Å². The van der Waals surface area contributed by atoms with Gasteiger partial charge in [0.2, 0.25) is 0 Å². The molecule has 190 valence electrons. The SMILES string of the molecule is Cc1cccc(COc2ccc(/C(O)=C3/C(=O)C(=O)N(Cc4ccncc4)C3c3ccc(F)cc3)cc2)c1. The molecule has 38 heavy (non-hydrogen) atoms. The number of benzene rings is 3. The van der Waals surface area contributed by atoms with E-state index in [1.165, 1.54) is 29.2 Å². The van der Waals surface area contributed by atoms with Crippen LogP contribution >= 0.6 is 0 Å². The molecule has 5 rings (SSSR count). The van der Waals surface area contributed by atoms with E-state index in [1.54, 1.807) is 48.8 Å². The van der Waals surface area contributed by atoms with E-state index >= 15 is 0 Å². The van der Waals surface area contributed by atoms with Gasteiger partial charge in [0.15, 0.2) is 0 Å². The number of aromatic nitrogens is 1. The largest absolute Gasteiger partial charge is 0.507 e. The molecule has 1 N–H and O–H groups in total. The Hall–Kier alpha value is -4.78. The molecule has 1 fully saturated rings. The van der Waals surface area contributed by atoms with Gasteiger partial charge in [0.25, 0.3) is 11.7 Å². The maximum atomic E-state index is 13.7. The maximum absolute atomic E-state index is 13.7. The van der Waals surface area contributed by atoms with Gasteiger partial charge in [-0.05, 0) is 72.1 Å². The van der Waals surface area contributed by atoms with Crippen LogP contribution in [-0.2, 0) is 22.7 Å². The molecule has 2 heterocycles. The Morgan fingerprint density at radius 3 is 2.34 bits per heavy atom. The monoisotopic (exact) mass is 508 g/mol. The van der Waals surface area contributed by atoms with Gasteiger partial charge in [-0.1, -0.05) is 42.0 Å². The molecule has 6 nitrogen and oxygen atoms in total. The van der Waals surface area contributed by atoms with Crippen LogP contribution in [0, 0.1) is 12.7 Å². The molecule has 0 saturated carbocycles. The lowest BCUT2D eigenvalue weighted by Crippen LogP contribution is -2.29. The number of aliphatic hydroxyl groups excluding tert-OH is 1. The Morgan fingerprint density at radius 1 is 0.947 bits per heavy atom. The lowest BCUT2D eigenvalue weighted by Gasteiger charge is -2.25. The third kappa shape index (κ3) is 5.18. The molecule has 1 unspecified atom stereocenters. The molecule has 0 bridgehead atoms. The highest BCUT2D eigenvalue weighted by Gasteiger charge is 2.46. The van der Waals surface area contributed by atoms with Gasteiger partial charge < -0.3 is 14.7 Å². The van der Waals surface area contributed by atoms with Crippen molar-refractivity contribution in [2.24, 2.45) is 0 Å². The van der Waals surface area contributed by atoms with Gasteiger partial charge in [-0.15, -0.1) is 0 Å². The second kappa shape index (κ2) is 10.7. The summed E-state index contributed by atoms with van der Waals surface area (Å²) in [4.78, 5) is 31.7. The Bertz CT molecular complexity index is 1500. The molecule has 1 aliphatic heterocycles. The van der Waals surface area contributed by atoms with Crippen LogP contribution in [0.1, 0.15) is 33.9 Å². The van der Waals surface area contributed by atoms with E-state index < -0.39 is 23.5 Å². The predicted octanol–water partition coefficient (Wildman–Crippen LogP) is 5.73. The van der Waals surface area contributed by atoms with E-state index in [0.29, 0.717) is 23.5 Å². The minimum Gasteiger partial charge on any atom is -0.507 e. The standard InChI is InChI=1S/C31H25FN2O4/c1-20-3-2-4-22(17-20)19-38-26-11-7-24(8-12-26)29(35)27-28(23-5-9-25(32)10-6-23)34(31(37)30(27)36)18-21-13-15-33-16-14-21/h2-17,28,35H,18-19H2,1H3/b29-27-. The summed E-state index contributed by atoms with van der Waals surface area (Å²) in [5.41, 5.74) is 3.77. The molecule has 0 spiro atoms. The number of Topliss-reactive ketones (excluding diaryl/α,β-unsaturated/α-hetero) is 1. The Labute approximate surface area is 219 Å². The average molecular weight is 509 g/mol. The van der Waals surface area contributed by atoms with Crippen molar-refractivity contribution >= 4 is 17.4 Å². The van der Waals surface area contributed by atoms with Gasteiger partial charge in [0, 0.05) is 24.5 Å². The van der Waals surface area contributed by atoms with E-state index in [4.69, 9.17) is 4.74 Å². The van der Waals surface area contributed by atoms with Crippen LogP contribution in [0.5, 0.6) is 5.75 Å². The Kier molecular flexibility index (Phi) is 7.00.